The second-order valence-electron chi connectivity index (χ2n) is 9.84. The van der Waals surface area contributed by atoms with E-state index in [2.05, 4.69) is 10.2 Å². The Labute approximate surface area is 212 Å². The number of phenolic OH excluding ortho intramolecular Hbond substituents is 1. The van der Waals surface area contributed by atoms with Crippen molar-refractivity contribution < 1.29 is 27.1 Å². The van der Waals surface area contributed by atoms with Gasteiger partial charge < -0.3 is 15.3 Å². The monoisotopic (exact) mass is 517 g/mol. The summed E-state index contributed by atoms with van der Waals surface area (Å²) in [5.41, 5.74) is 1.27. The molecule has 2 aliphatic heterocycles. The smallest absolute Gasteiger partial charge is 0.149 e. The van der Waals surface area contributed by atoms with E-state index in [4.69, 9.17) is 0 Å². The summed E-state index contributed by atoms with van der Waals surface area (Å²) < 4.78 is 72.4. The second-order valence-corrected chi connectivity index (χ2v) is 9.84. The number of hydrogen-bond donors (Lipinski definition) is 2. The van der Waals surface area contributed by atoms with Crippen LogP contribution in [0.2, 0.25) is 0 Å². The van der Waals surface area contributed by atoms with E-state index >= 15 is 8.78 Å². The van der Waals surface area contributed by atoms with Crippen molar-refractivity contribution in [1.29, 1.82) is 0 Å². The van der Waals surface area contributed by atoms with Crippen molar-refractivity contribution in [1.82, 2.24) is 4.90 Å². The molecule has 0 amide bonds. The number of anilines is 2. The van der Waals surface area contributed by atoms with Crippen LogP contribution >= 0.6 is 0 Å². The lowest BCUT2D eigenvalue weighted by Crippen LogP contribution is -2.54. The zero-order valence-electron chi connectivity index (χ0n) is 20.3. The van der Waals surface area contributed by atoms with Crippen molar-refractivity contribution in [3.05, 3.63) is 88.5 Å². The number of nitrogens with one attached hydrogen (secondary N) is 1. The van der Waals surface area contributed by atoms with Gasteiger partial charge in [-0.05, 0) is 67.3 Å². The van der Waals surface area contributed by atoms with Gasteiger partial charge in [-0.3, -0.25) is 9.29 Å². The van der Waals surface area contributed by atoms with Crippen molar-refractivity contribution in [3.8, 4) is 5.75 Å². The Balaban J connectivity index is 1.52. The molecule has 0 aromatic heterocycles. The average Bonchev–Trinajstić information content (AvgIpc) is 2.80. The molecular formula is C28H28F5N3O. The quantitative estimate of drug-likeness (QED) is 0.381. The Morgan fingerprint density at radius 2 is 1.68 bits per heavy atom. The highest BCUT2D eigenvalue weighted by molar-refractivity contribution is 5.60. The van der Waals surface area contributed by atoms with Gasteiger partial charge in [0.2, 0.25) is 0 Å². The molecule has 0 bridgehead atoms. The van der Waals surface area contributed by atoms with E-state index in [-0.39, 0.29) is 35.4 Å². The minimum atomic E-state index is -1.05. The first-order chi connectivity index (χ1) is 17.7. The van der Waals surface area contributed by atoms with Crippen LogP contribution in [-0.4, -0.2) is 48.4 Å². The Bertz CT molecular complexity index is 1270. The molecule has 5 rings (SSSR count). The molecule has 37 heavy (non-hydrogen) atoms. The first-order valence-electron chi connectivity index (χ1n) is 12.3. The lowest BCUT2D eigenvalue weighted by Gasteiger charge is -2.44. The van der Waals surface area contributed by atoms with Gasteiger partial charge in [-0.1, -0.05) is 6.07 Å². The van der Waals surface area contributed by atoms with Crippen LogP contribution in [0.4, 0.5) is 33.3 Å². The van der Waals surface area contributed by atoms with E-state index in [1.54, 1.807) is 24.0 Å². The van der Waals surface area contributed by atoms with E-state index in [0.29, 0.717) is 43.6 Å². The van der Waals surface area contributed by atoms with Crippen LogP contribution in [-0.2, 0) is 6.42 Å². The number of hydrogen-bond acceptors (Lipinski definition) is 4. The number of likely N-dealkylation sites (tertiary alicyclic amines) is 1. The molecule has 2 unspecified atom stereocenters. The third-order valence-electron chi connectivity index (χ3n) is 7.17. The molecule has 2 heterocycles. The Morgan fingerprint density at radius 3 is 2.35 bits per heavy atom. The van der Waals surface area contributed by atoms with Crippen molar-refractivity contribution in [2.24, 2.45) is 0 Å². The van der Waals surface area contributed by atoms with Crippen LogP contribution in [0, 0.1) is 23.3 Å². The number of benzene rings is 3. The SMILES string of the molecule is CC1Cc2cc(O)ccc2C(c2c(F)cc(NC3CN(CCCF)C3)cc2F)N1c1ccc(F)cc1F. The summed E-state index contributed by atoms with van der Waals surface area (Å²) in [6, 6.07) is 8.68. The first kappa shape index (κ1) is 25.3. The van der Waals surface area contributed by atoms with Gasteiger partial charge in [0.05, 0.1) is 30.0 Å². The van der Waals surface area contributed by atoms with Crippen LogP contribution in [0.3, 0.4) is 0 Å². The number of rotatable bonds is 7. The number of halogens is 5. The van der Waals surface area contributed by atoms with Crippen LogP contribution in [0.15, 0.2) is 48.5 Å². The number of nitrogens with zero attached hydrogens (tertiary/aromatic N) is 2. The van der Waals surface area contributed by atoms with Gasteiger partial charge in [0.15, 0.2) is 0 Å². The maximum atomic E-state index is 15.7. The first-order valence-corrected chi connectivity index (χ1v) is 12.3. The molecule has 1 fully saturated rings. The molecule has 0 aliphatic carbocycles. The third kappa shape index (κ3) is 4.97. The maximum Gasteiger partial charge on any atom is 0.149 e. The molecule has 4 nitrogen and oxygen atoms in total. The normalized spacial score (nSPS) is 20.0. The fraction of sp³-hybridized carbons (Fsp3) is 0.357. The topological polar surface area (TPSA) is 38.7 Å². The fourth-order valence-electron chi connectivity index (χ4n) is 5.51. The predicted molar refractivity (Wildman–Crippen MR) is 133 cm³/mol. The van der Waals surface area contributed by atoms with E-state index < -0.39 is 35.4 Å². The predicted octanol–water partition coefficient (Wildman–Crippen LogP) is 5.94. The minimum absolute atomic E-state index is 0.00697. The zero-order chi connectivity index (χ0) is 26.3. The van der Waals surface area contributed by atoms with Gasteiger partial charge in [-0.15, -0.1) is 0 Å². The van der Waals surface area contributed by atoms with Gasteiger partial charge in [-0.2, -0.15) is 0 Å². The number of aromatic hydroxyl groups is 1. The molecule has 0 radical (unpaired) electrons. The Kier molecular flexibility index (Phi) is 6.98. The van der Waals surface area contributed by atoms with Gasteiger partial charge >= 0.3 is 0 Å². The molecule has 2 aliphatic rings. The molecule has 0 spiro atoms. The summed E-state index contributed by atoms with van der Waals surface area (Å²) in [5, 5.41) is 13.1. The highest BCUT2D eigenvalue weighted by atomic mass is 19.1. The zero-order valence-corrected chi connectivity index (χ0v) is 20.3. The van der Waals surface area contributed by atoms with Gasteiger partial charge in [0.1, 0.15) is 29.0 Å². The Morgan fingerprint density at radius 1 is 0.946 bits per heavy atom. The molecule has 9 heteroatoms. The summed E-state index contributed by atoms with van der Waals surface area (Å²) in [5.74, 6) is -3.17. The van der Waals surface area contributed by atoms with Crippen molar-refractivity contribution in [2.45, 2.75) is 37.9 Å². The van der Waals surface area contributed by atoms with Gasteiger partial charge in [0.25, 0.3) is 0 Å². The third-order valence-corrected chi connectivity index (χ3v) is 7.17. The summed E-state index contributed by atoms with van der Waals surface area (Å²) >= 11 is 0. The molecule has 196 valence electrons. The van der Waals surface area contributed by atoms with E-state index in [1.165, 1.54) is 24.3 Å². The maximum absolute atomic E-state index is 15.7. The van der Waals surface area contributed by atoms with Crippen molar-refractivity contribution in [3.63, 3.8) is 0 Å². The Hall–Kier alpha value is -3.33. The molecule has 2 N–H and O–H groups in total. The number of phenols is 1. The van der Waals surface area contributed by atoms with Crippen molar-refractivity contribution >= 4 is 11.4 Å². The van der Waals surface area contributed by atoms with Crippen LogP contribution < -0.4 is 10.2 Å². The highest BCUT2D eigenvalue weighted by Gasteiger charge is 2.38. The van der Waals surface area contributed by atoms with E-state index in [0.717, 1.165) is 12.1 Å². The summed E-state index contributed by atoms with van der Waals surface area (Å²) in [6.45, 7) is 3.35. The molecule has 2 atom stereocenters. The van der Waals surface area contributed by atoms with Crippen molar-refractivity contribution in [2.75, 3.05) is 36.5 Å². The summed E-state index contributed by atoms with van der Waals surface area (Å²) in [6.07, 6.45) is 0.843. The van der Waals surface area contributed by atoms with Gasteiger partial charge in [0, 0.05) is 37.4 Å². The molecule has 3 aromatic rings. The minimum Gasteiger partial charge on any atom is -0.508 e. The van der Waals surface area contributed by atoms with Crippen LogP contribution in [0.25, 0.3) is 0 Å². The largest absolute Gasteiger partial charge is 0.508 e. The molecular weight excluding hydrogens is 489 g/mol. The number of alkyl halides is 1. The second kappa shape index (κ2) is 10.2. The fourth-order valence-corrected chi connectivity index (χ4v) is 5.51. The van der Waals surface area contributed by atoms with Gasteiger partial charge in [-0.25, -0.2) is 17.6 Å². The highest BCUT2D eigenvalue weighted by Crippen LogP contribution is 2.44. The summed E-state index contributed by atoms with van der Waals surface area (Å²) in [7, 11) is 0. The molecule has 1 saturated heterocycles. The molecule has 3 aromatic carbocycles. The standard InChI is InChI=1S/C28H28F5N3O/c1-16-9-17-10-21(37)4-5-22(17)28(36(16)26-6-3-18(30)11-23(26)31)27-24(32)12-19(13-25(27)33)34-20-14-35(15-20)8-2-7-29/h3-6,10-13,16,20,28,34,37H,2,7-9,14-15H2,1H3. The lowest BCUT2D eigenvalue weighted by atomic mass is 9.84. The van der Waals surface area contributed by atoms with E-state index in [9.17, 15) is 18.3 Å². The van der Waals surface area contributed by atoms with E-state index in [1.807, 2.05) is 0 Å². The van der Waals surface area contributed by atoms with Crippen LogP contribution in [0.1, 0.15) is 36.1 Å². The van der Waals surface area contributed by atoms with Crippen LogP contribution in [0.5, 0.6) is 5.75 Å². The molecule has 0 saturated carbocycles. The lowest BCUT2D eigenvalue weighted by molar-refractivity contribution is 0.155. The average molecular weight is 518 g/mol. The summed E-state index contributed by atoms with van der Waals surface area (Å²) in [4.78, 5) is 3.63. The number of fused-ring (bicyclic) bond motifs is 1.